The fraction of sp³-hybridized carbons (Fsp3) is 0.368. The second kappa shape index (κ2) is 9.00. The maximum Gasteiger partial charge on any atom is 0.296 e. The lowest BCUT2D eigenvalue weighted by molar-refractivity contribution is -0.328. The minimum absolute atomic E-state index is 0.198. The van der Waals surface area contributed by atoms with Crippen molar-refractivity contribution in [1.29, 1.82) is 0 Å². The molecule has 1 fully saturated rings. The molecule has 0 aromatic heterocycles. The number of benzene rings is 2. The molecule has 170 valence electrons. The zero-order valence-electron chi connectivity index (χ0n) is 16.3. The van der Waals surface area contributed by atoms with Gasteiger partial charge in [-0.1, -0.05) is 0 Å². The van der Waals surface area contributed by atoms with Gasteiger partial charge < -0.3 is 20.3 Å². The number of methoxy groups -OCH3 is 1. The summed E-state index contributed by atoms with van der Waals surface area (Å²) < 4.78 is 75.7. The van der Waals surface area contributed by atoms with Crippen LogP contribution in [0.5, 0.6) is 5.75 Å². The van der Waals surface area contributed by atoms with Gasteiger partial charge in [0.25, 0.3) is 22.6 Å². The van der Waals surface area contributed by atoms with Gasteiger partial charge in [0, 0.05) is 12.1 Å². The van der Waals surface area contributed by atoms with Crippen molar-refractivity contribution < 1.29 is 59.1 Å². The Kier molecular flexibility index (Phi) is 6.93. The van der Waals surface area contributed by atoms with Crippen molar-refractivity contribution in [3.05, 3.63) is 45.3 Å². The SMILES string of the molecule is COc1cc(F)c(F)c(Nc2ccc([IH+])cc2F)c1NS(=O)(=O)C1(C[C@H](O)CO)CC1. The highest BCUT2D eigenvalue weighted by Gasteiger charge is 2.55. The minimum Gasteiger partial charge on any atom is -0.494 e. The number of sulfonamides is 1. The van der Waals surface area contributed by atoms with Crippen molar-refractivity contribution in [1.82, 2.24) is 0 Å². The molecule has 1 aliphatic rings. The van der Waals surface area contributed by atoms with Gasteiger partial charge in [-0.05, 0) is 31.4 Å². The predicted molar refractivity (Wildman–Crippen MR) is 105 cm³/mol. The van der Waals surface area contributed by atoms with E-state index < -0.39 is 56.3 Å². The first kappa shape index (κ1) is 23.9. The van der Waals surface area contributed by atoms with Crippen LogP contribution in [0, 0.1) is 21.0 Å². The van der Waals surface area contributed by atoms with Crippen molar-refractivity contribution in [2.24, 2.45) is 0 Å². The van der Waals surface area contributed by atoms with E-state index in [4.69, 9.17) is 9.84 Å². The van der Waals surface area contributed by atoms with Crippen LogP contribution in [0.3, 0.4) is 0 Å². The van der Waals surface area contributed by atoms with Crippen LogP contribution in [0.15, 0.2) is 24.3 Å². The molecule has 0 heterocycles. The average molecular weight is 573 g/mol. The molecule has 0 amide bonds. The van der Waals surface area contributed by atoms with Gasteiger partial charge >= 0.3 is 0 Å². The van der Waals surface area contributed by atoms with Gasteiger partial charge in [0.15, 0.2) is 21.0 Å². The summed E-state index contributed by atoms with van der Waals surface area (Å²) in [6.45, 7) is -0.620. The molecular formula is C19H21F3IN2O5S+. The molecule has 3 rings (SSSR count). The minimum atomic E-state index is -4.22. The summed E-state index contributed by atoms with van der Waals surface area (Å²) in [6.07, 6.45) is -1.08. The highest BCUT2D eigenvalue weighted by molar-refractivity contribution is 7.94. The van der Waals surface area contributed by atoms with E-state index in [1.165, 1.54) is 12.1 Å². The molecule has 4 N–H and O–H groups in total. The van der Waals surface area contributed by atoms with Gasteiger partial charge in [0.1, 0.15) is 17.1 Å². The van der Waals surface area contributed by atoms with Crippen molar-refractivity contribution in [2.75, 3.05) is 23.8 Å². The predicted octanol–water partition coefficient (Wildman–Crippen LogP) is -0.671. The molecule has 1 atom stereocenters. The first-order valence-electron chi connectivity index (χ1n) is 9.14. The Hall–Kier alpha value is -1.77. The molecule has 0 spiro atoms. The maximum absolute atomic E-state index is 14.7. The topological polar surface area (TPSA) is 108 Å². The zero-order chi connectivity index (χ0) is 23.0. The lowest BCUT2D eigenvalue weighted by Crippen LogP contribution is -3.34. The van der Waals surface area contributed by atoms with Crippen molar-refractivity contribution >= 4 is 27.1 Å². The number of rotatable bonds is 9. The van der Waals surface area contributed by atoms with E-state index in [0.717, 1.165) is 7.11 Å². The fourth-order valence-electron chi connectivity index (χ4n) is 3.17. The summed E-state index contributed by atoms with van der Waals surface area (Å²) in [7, 11) is -3.08. The van der Waals surface area contributed by atoms with Crippen LogP contribution in [0.25, 0.3) is 0 Å². The van der Waals surface area contributed by atoms with Crippen LogP contribution < -0.4 is 37.4 Å². The second-order valence-corrected chi connectivity index (χ2v) is 10.6. The van der Waals surface area contributed by atoms with E-state index in [1.54, 1.807) is 28.7 Å². The molecule has 2 aromatic carbocycles. The van der Waals surface area contributed by atoms with Crippen LogP contribution in [-0.2, 0) is 10.0 Å². The Morgan fingerprint density at radius 3 is 2.42 bits per heavy atom. The molecule has 0 unspecified atom stereocenters. The van der Waals surface area contributed by atoms with Crippen LogP contribution in [0.4, 0.5) is 30.2 Å². The van der Waals surface area contributed by atoms with E-state index in [9.17, 15) is 26.7 Å². The second-order valence-electron chi connectivity index (χ2n) is 7.22. The molecule has 12 heteroatoms. The molecule has 0 radical (unpaired) electrons. The number of anilines is 3. The third-order valence-corrected chi connectivity index (χ3v) is 7.95. The molecule has 0 saturated heterocycles. The lowest BCUT2D eigenvalue weighted by Gasteiger charge is -2.23. The normalized spacial score (nSPS) is 16.0. The van der Waals surface area contributed by atoms with Gasteiger partial charge in [0.05, 0.1) is 30.3 Å². The van der Waals surface area contributed by atoms with E-state index in [-0.39, 0.29) is 30.7 Å². The number of ether oxygens (including phenoxy) is 1. The quantitative estimate of drug-likeness (QED) is 0.297. The van der Waals surface area contributed by atoms with Crippen molar-refractivity contribution in [2.45, 2.75) is 30.1 Å². The van der Waals surface area contributed by atoms with Crippen LogP contribution in [0.1, 0.15) is 19.3 Å². The molecule has 1 saturated carbocycles. The smallest absolute Gasteiger partial charge is 0.296 e. The van der Waals surface area contributed by atoms with Crippen molar-refractivity contribution in [3.8, 4) is 5.75 Å². The van der Waals surface area contributed by atoms with Gasteiger partial charge in [-0.3, -0.25) is 4.72 Å². The van der Waals surface area contributed by atoms with E-state index in [0.29, 0.717) is 9.64 Å². The standard InChI is InChI=1S/C19H21F3IN2O5S/c1-30-15-7-13(21)16(22)18(24-14-3-2-10(23)6-12(14)20)17(15)25-31(28,29)19(4-5-19)8-11(27)9-26/h2-3,6-7,11,23-27H,4-5,8-9H2,1H3/q+1/t11-/m0/s1. The zero-order valence-corrected chi connectivity index (χ0v) is 19.4. The fourth-order valence-corrected chi connectivity index (χ4v) is 5.40. The van der Waals surface area contributed by atoms with Gasteiger partial charge in [-0.25, -0.2) is 21.6 Å². The first-order valence-corrected chi connectivity index (χ1v) is 11.8. The number of aliphatic hydroxyl groups is 2. The maximum atomic E-state index is 14.7. The van der Waals surface area contributed by atoms with E-state index >= 15 is 0 Å². The van der Waals surface area contributed by atoms with Crippen LogP contribution in [0.2, 0.25) is 0 Å². The Balaban J connectivity index is 2.06. The molecule has 7 nitrogen and oxygen atoms in total. The highest BCUT2D eigenvalue weighted by atomic mass is 127. The highest BCUT2D eigenvalue weighted by Crippen LogP contribution is 2.49. The molecule has 31 heavy (non-hydrogen) atoms. The van der Waals surface area contributed by atoms with Crippen LogP contribution in [-0.4, -0.2) is 43.2 Å². The number of nitrogens with one attached hydrogen (secondary N) is 2. The summed E-state index contributed by atoms with van der Waals surface area (Å²) >= 11 is 1.57. The largest absolute Gasteiger partial charge is 0.494 e. The summed E-state index contributed by atoms with van der Waals surface area (Å²) in [5, 5.41) is 21.2. The monoisotopic (exact) mass is 573 g/mol. The van der Waals surface area contributed by atoms with Gasteiger partial charge in [-0.2, -0.15) is 0 Å². The Bertz CT molecular complexity index is 1100. The lowest BCUT2D eigenvalue weighted by atomic mass is 10.2. The average Bonchev–Trinajstić information content (AvgIpc) is 3.50. The molecule has 1 aliphatic carbocycles. The van der Waals surface area contributed by atoms with Crippen LogP contribution >= 0.6 is 0 Å². The van der Waals surface area contributed by atoms with Gasteiger partial charge in [-0.15, -0.1) is 0 Å². The number of hydrogen-bond acceptors (Lipinski definition) is 6. The van der Waals surface area contributed by atoms with Gasteiger partial charge in [0.2, 0.25) is 10.0 Å². The summed E-state index contributed by atoms with van der Waals surface area (Å²) in [4.78, 5) is 0. The number of aliphatic hydroxyl groups excluding tert-OH is 2. The number of halogens is 4. The summed E-state index contributed by atoms with van der Waals surface area (Å²) in [5.74, 6) is -3.83. The molecule has 2 aromatic rings. The number of hydrogen-bond donors (Lipinski definition) is 4. The Labute approximate surface area is 190 Å². The third kappa shape index (κ3) is 4.86. The van der Waals surface area contributed by atoms with E-state index in [2.05, 4.69) is 10.0 Å². The third-order valence-electron chi connectivity index (χ3n) is 5.04. The Morgan fingerprint density at radius 2 is 1.87 bits per heavy atom. The Morgan fingerprint density at radius 1 is 1.19 bits per heavy atom. The molecule has 0 aliphatic heterocycles. The summed E-state index contributed by atoms with van der Waals surface area (Å²) in [6, 6.07) is 4.71. The van der Waals surface area contributed by atoms with Crippen molar-refractivity contribution in [3.63, 3.8) is 0 Å². The summed E-state index contributed by atoms with van der Waals surface area (Å²) in [5.41, 5.74) is -1.29. The van der Waals surface area contributed by atoms with E-state index in [1.807, 2.05) is 0 Å². The first-order chi connectivity index (χ1) is 14.5. The molecular weight excluding hydrogens is 552 g/mol. The molecule has 0 bridgehead atoms.